The Hall–Kier alpha value is -0.930. The zero-order valence-corrected chi connectivity index (χ0v) is 9.01. The fourth-order valence-corrected chi connectivity index (χ4v) is 2.47. The van der Waals surface area contributed by atoms with Crippen molar-refractivity contribution in [1.29, 1.82) is 0 Å². The third-order valence-corrected chi connectivity index (χ3v) is 3.41. The number of nitrogens with two attached hydrogens (primary N) is 1. The van der Waals surface area contributed by atoms with Crippen LogP contribution in [0.3, 0.4) is 0 Å². The number of benzene rings is 1. The molecule has 0 bridgehead atoms. The lowest BCUT2D eigenvalue weighted by molar-refractivity contribution is 0.452. The fraction of sp³-hybridized carbons (Fsp3) is 0.500. The molecule has 5 N–H and O–H groups in total. The van der Waals surface area contributed by atoms with Crippen molar-refractivity contribution in [1.82, 2.24) is 6.15 Å². The summed E-state index contributed by atoms with van der Waals surface area (Å²) < 4.78 is 12.8. The van der Waals surface area contributed by atoms with Crippen molar-refractivity contribution in [3.05, 3.63) is 35.6 Å². The molecule has 0 saturated heterocycles. The molecule has 0 aliphatic heterocycles. The SMILES string of the molecule is N.NCC1(c2ccc(F)cc2)CCCC1. The van der Waals surface area contributed by atoms with Crippen LogP contribution >= 0.6 is 0 Å². The van der Waals surface area contributed by atoms with E-state index in [0.29, 0.717) is 6.54 Å². The summed E-state index contributed by atoms with van der Waals surface area (Å²) in [5.41, 5.74) is 7.19. The highest BCUT2D eigenvalue weighted by Crippen LogP contribution is 2.40. The van der Waals surface area contributed by atoms with Gasteiger partial charge in [0.15, 0.2) is 0 Å². The largest absolute Gasteiger partial charge is 0.344 e. The summed E-state index contributed by atoms with van der Waals surface area (Å²) in [7, 11) is 0. The van der Waals surface area contributed by atoms with Crippen molar-refractivity contribution in [2.24, 2.45) is 5.73 Å². The highest BCUT2D eigenvalue weighted by Gasteiger charge is 2.33. The Morgan fingerprint density at radius 2 is 1.67 bits per heavy atom. The van der Waals surface area contributed by atoms with Crippen LogP contribution in [0.2, 0.25) is 0 Å². The van der Waals surface area contributed by atoms with E-state index in [4.69, 9.17) is 5.73 Å². The second-order valence-electron chi connectivity index (χ2n) is 4.20. The summed E-state index contributed by atoms with van der Waals surface area (Å²) in [5, 5.41) is 0. The average molecular weight is 210 g/mol. The van der Waals surface area contributed by atoms with Crippen LogP contribution in [0.25, 0.3) is 0 Å². The molecule has 1 aliphatic rings. The zero-order chi connectivity index (χ0) is 10.0. The van der Waals surface area contributed by atoms with E-state index in [1.165, 1.54) is 30.5 Å². The molecule has 1 aliphatic carbocycles. The van der Waals surface area contributed by atoms with Gasteiger partial charge in [-0.05, 0) is 30.5 Å². The van der Waals surface area contributed by atoms with Crippen molar-refractivity contribution >= 4 is 0 Å². The summed E-state index contributed by atoms with van der Waals surface area (Å²) >= 11 is 0. The lowest BCUT2D eigenvalue weighted by atomic mass is 9.79. The molecule has 1 fully saturated rings. The Balaban J connectivity index is 0.00000112. The van der Waals surface area contributed by atoms with Gasteiger partial charge in [0.05, 0.1) is 0 Å². The quantitative estimate of drug-likeness (QED) is 0.788. The molecule has 1 aromatic carbocycles. The van der Waals surface area contributed by atoms with Gasteiger partial charge >= 0.3 is 0 Å². The first kappa shape index (κ1) is 12.1. The minimum Gasteiger partial charge on any atom is -0.344 e. The first-order chi connectivity index (χ1) is 6.77. The van der Waals surface area contributed by atoms with E-state index >= 15 is 0 Å². The molecule has 0 radical (unpaired) electrons. The van der Waals surface area contributed by atoms with E-state index in [0.717, 1.165) is 12.8 Å². The highest BCUT2D eigenvalue weighted by molar-refractivity contribution is 5.27. The van der Waals surface area contributed by atoms with E-state index in [2.05, 4.69) is 0 Å². The van der Waals surface area contributed by atoms with Crippen molar-refractivity contribution in [2.75, 3.05) is 6.54 Å². The first-order valence-electron chi connectivity index (χ1n) is 5.23. The van der Waals surface area contributed by atoms with Gasteiger partial charge in [-0.2, -0.15) is 0 Å². The number of hydrogen-bond acceptors (Lipinski definition) is 2. The molecular formula is C12H19FN2. The third-order valence-electron chi connectivity index (χ3n) is 3.41. The van der Waals surface area contributed by atoms with Gasteiger partial charge in [-0.3, -0.25) is 0 Å². The van der Waals surface area contributed by atoms with Gasteiger partial charge in [-0.15, -0.1) is 0 Å². The maximum absolute atomic E-state index is 12.8. The molecule has 2 nitrogen and oxygen atoms in total. The Kier molecular flexibility index (Phi) is 3.83. The molecule has 0 heterocycles. The summed E-state index contributed by atoms with van der Waals surface area (Å²) in [6.07, 6.45) is 4.79. The summed E-state index contributed by atoms with van der Waals surface area (Å²) in [6.45, 7) is 0.679. The molecule has 15 heavy (non-hydrogen) atoms. The molecule has 0 amide bonds. The molecule has 3 heteroatoms. The van der Waals surface area contributed by atoms with Gasteiger partial charge in [0.1, 0.15) is 5.82 Å². The number of hydrogen-bond donors (Lipinski definition) is 2. The molecule has 84 valence electrons. The molecular weight excluding hydrogens is 191 g/mol. The van der Waals surface area contributed by atoms with Gasteiger partial charge in [0.2, 0.25) is 0 Å². The smallest absolute Gasteiger partial charge is 0.123 e. The Bertz CT molecular complexity index is 302. The van der Waals surface area contributed by atoms with Crippen LogP contribution in [0.1, 0.15) is 31.2 Å². The monoisotopic (exact) mass is 210 g/mol. The predicted molar refractivity (Wildman–Crippen MR) is 60.6 cm³/mol. The standard InChI is InChI=1S/C12H16FN.H3N/c13-11-5-3-10(4-6-11)12(9-14)7-1-2-8-12;/h3-6H,1-2,7-9,14H2;1H3. The van der Waals surface area contributed by atoms with Crippen LogP contribution in [0.5, 0.6) is 0 Å². The molecule has 2 rings (SSSR count). The Morgan fingerprint density at radius 3 is 2.13 bits per heavy atom. The van der Waals surface area contributed by atoms with Crippen LogP contribution in [0.4, 0.5) is 4.39 Å². The minimum absolute atomic E-state index is 0. The lowest BCUT2D eigenvalue weighted by Crippen LogP contribution is -2.31. The van der Waals surface area contributed by atoms with Gasteiger partial charge in [-0.25, -0.2) is 4.39 Å². The number of halogens is 1. The summed E-state index contributed by atoms with van der Waals surface area (Å²) in [6, 6.07) is 6.83. The average Bonchev–Trinajstić information content (AvgIpc) is 2.68. The summed E-state index contributed by atoms with van der Waals surface area (Å²) in [4.78, 5) is 0. The lowest BCUT2D eigenvalue weighted by Gasteiger charge is -2.27. The molecule has 0 atom stereocenters. The van der Waals surface area contributed by atoms with Crippen molar-refractivity contribution in [3.63, 3.8) is 0 Å². The van der Waals surface area contributed by atoms with E-state index < -0.39 is 0 Å². The Morgan fingerprint density at radius 1 is 1.13 bits per heavy atom. The van der Waals surface area contributed by atoms with E-state index in [1.54, 1.807) is 0 Å². The van der Waals surface area contributed by atoms with Gasteiger partial charge in [0.25, 0.3) is 0 Å². The van der Waals surface area contributed by atoms with E-state index in [1.807, 2.05) is 12.1 Å². The van der Waals surface area contributed by atoms with Crippen LogP contribution in [0, 0.1) is 5.82 Å². The zero-order valence-electron chi connectivity index (χ0n) is 9.01. The molecule has 1 saturated carbocycles. The molecule has 1 aromatic rings. The van der Waals surface area contributed by atoms with Crippen LogP contribution in [0.15, 0.2) is 24.3 Å². The molecule has 0 spiro atoms. The maximum atomic E-state index is 12.8. The van der Waals surface area contributed by atoms with Gasteiger partial charge in [0, 0.05) is 12.0 Å². The second-order valence-corrected chi connectivity index (χ2v) is 4.20. The predicted octanol–water partition coefficient (Wildman–Crippen LogP) is 2.76. The fourth-order valence-electron chi connectivity index (χ4n) is 2.47. The third kappa shape index (κ3) is 2.19. The van der Waals surface area contributed by atoms with Crippen LogP contribution < -0.4 is 11.9 Å². The summed E-state index contributed by atoms with van der Waals surface area (Å²) in [5.74, 6) is -0.168. The van der Waals surface area contributed by atoms with Crippen molar-refractivity contribution < 1.29 is 4.39 Å². The van der Waals surface area contributed by atoms with Crippen molar-refractivity contribution in [2.45, 2.75) is 31.1 Å². The van der Waals surface area contributed by atoms with Gasteiger partial charge < -0.3 is 11.9 Å². The normalized spacial score (nSPS) is 18.5. The van der Waals surface area contributed by atoms with Gasteiger partial charge in [-0.1, -0.05) is 25.0 Å². The first-order valence-corrected chi connectivity index (χ1v) is 5.23. The van der Waals surface area contributed by atoms with Crippen LogP contribution in [-0.2, 0) is 5.41 Å². The van der Waals surface area contributed by atoms with Crippen molar-refractivity contribution in [3.8, 4) is 0 Å². The maximum Gasteiger partial charge on any atom is 0.123 e. The topological polar surface area (TPSA) is 61.0 Å². The number of rotatable bonds is 2. The van der Waals surface area contributed by atoms with Crippen LogP contribution in [-0.4, -0.2) is 6.54 Å². The second kappa shape index (κ2) is 4.73. The minimum atomic E-state index is -0.168. The highest BCUT2D eigenvalue weighted by atomic mass is 19.1. The van der Waals surface area contributed by atoms with E-state index in [9.17, 15) is 4.39 Å². The molecule has 0 unspecified atom stereocenters. The van der Waals surface area contributed by atoms with E-state index in [-0.39, 0.29) is 17.4 Å². The molecule has 0 aromatic heterocycles. The Labute approximate surface area is 90.3 Å².